The largest absolute Gasteiger partial charge is 0.465 e. The highest BCUT2D eigenvalue weighted by molar-refractivity contribution is 7.86. The van der Waals surface area contributed by atoms with E-state index in [2.05, 4.69) is 4.74 Å². The van der Waals surface area contributed by atoms with Crippen molar-refractivity contribution in [3.05, 3.63) is 65.2 Å². The number of ether oxygens (including phenoxy) is 1. The molecule has 0 N–H and O–H groups in total. The Kier molecular flexibility index (Phi) is 5.36. The molecule has 0 aliphatic carbocycles. The Morgan fingerprint density at radius 3 is 2.40 bits per heavy atom. The molecule has 2 aromatic rings. The lowest BCUT2D eigenvalue weighted by atomic mass is 10.1. The van der Waals surface area contributed by atoms with Crippen LogP contribution in [0.5, 0.6) is 5.75 Å². The van der Waals surface area contributed by atoms with Gasteiger partial charge in [-0.2, -0.15) is 21.6 Å². The fourth-order valence-electron chi connectivity index (χ4n) is 2.01. The molecule has 5 nitrogen and oxygen atoms in total. The van der Waals surface area contributed by atoms with Crippen LogP contribution >= 0.6 is 0 Å². The molecule has 0 saturated carbocycles. The summed E-state index contributed by atoms with van der Waals surface area (Å²) < 4.78 is 71.3. The number of rotatable bonds is 5. The van der Waals surface area contributed by atoms with Gasteiger partial charge in [0.05, 0.1) is 18.2 Å². The predicted molar refractivity (Wildman–Crippen MR) is 82.5 cm³/mol. The van der Waals surface area contributed by atoms with Crippen LogP contribution in [0, 0.1) is 0 Å². The number of esters is 1. The molecule has 134 valence electrons. The zero-order valence-corrected chi connectivity index (χ0v) is 13.7. The van der Waals surface area contributed by atoms with Gasteiger partial charge in [0.2, 0.25) is 0 Å². The smallest absolute Gasteiger partial charge is 0.416 e. The van der Waals surface area contributed by atoms with Gasteiger partial charge in [0.25, 0.3) is 0 Å². The van der Waals surface area contributed by atoms with E-state index in [1.807, 2.05) is 0 Å². The third-order valence-electron chi connectivity index (χ3n) is 3.08. The zero-order chi connectivity index (χ0) is 18.7. The summed E-state index contributed by atoms with van der Waals surface area (Å²) in [5.41, 5.74) is -0.642. The molecule has 0 bridgehead atoms. The van der Waals surface area contributed by atoms with E-state index in [-0.39, 0.29) is 11.1 Å². The number of hydrogen-bond donors (Lipinski definition) is 0. The molecule has 0 heterocycles. The van der Waals surface area contributed by atoms with Crippen LogP contribution in [0.2, 0.25) is 0 Å². The normalized spacial score (nSPS) is 11.8. The Hall–Kier alpha value is -2.55. The van der Waals surface area contributed by atoms with Crippen LogP contribution in [-0.2, 0) is 26.8 Å². The topological polar surface area (TPSA) is 69.7 Å². The van der Waals surface area contributed by atoms with Gasteiger partial charge in [0, 0.05) is 0 Å². The number of benzene rings is 2. The Morgan fingerprint density at radius 1 is 1.08 bits per heavy atom. The van der Waals surface area contributed by atoms with E-state index in [0.717, 1.165) is 18.2 Å². The van der Waals surface area contributed by atoms with Gasteiger partial charge in [0.1, 0.15) is 11.5 Å². The van der Waals surface area contributed by atoms with Crippen LogP contribution in [-0.4, -0.2) is 21.5 Å². The van der Waals surface area contributed by atoms with Crippen LogP contribution in [0.4, 0.5) is 13.2 Å². The summed E-state index contributed by atoms with van der Waals surface area (Å²) in [4.78, 5) is 11.4. The Bertz CT molecular complexity index is 875. The lowest BCUT2D eigenvalue weighted by Crippen LogP contribution is -2.13. The van der Waals surface area contributed by atoms with E-state index in [1.165, 1.54) is 31.4 Å². The van der Waals surface area contributed by atoms with E-state index < -0.39 is 39.3 Å². The molecular weight excluding hydrogens is 361 g/mol. The zero-order valence-electron chi connectivity index (χ0n) is 12.9. The minimum absolute atomic E-state index is 0.147. The van der Waals surface area contributed by atoms with Crippen molar-refractivity contribution in [2.45, 2.75) is 11.9 Å². The van der Waals surface area contributed by atoms with Crippen LogP contribution < -0.4 is 4.18 Å². The second-order valence-corrected chi connectivity index (χ2v) is 6.57. The van der Waals surface area contributed by atoms with Crippen molar-refractivity contribution in [3.63, 3.8) is 0 Å². The van der Waals surface area contributed by atoms with Crippen LogP contribution in [0.25, 0.3) is 0 Å². The molecule has 0 atom stereocenters. The van der Waals surface area contributed by atoms with Gasteiger partial charge in [-0.25, -0.2) is 4.79 Å². The van der Waals surface area contributed by atoms with Gasteiger partial charge in [-0.15, -0.1) is 0 Å². The molecule has 0 aliphatic heterocycles. The molecular formula is C16H13F3O5S. The van der Waals surface area contributed by atoms with Crippen molar-refractivity contribution in [2.75, 3.05) is 7.11 Å². The van der Waals surface area contributed by atoms with Gasteiger partial charge in [0.15, 0.2) is 0 Å². The molecule has 0 radical (unpaired) electrons. The Morgan fingerprint density at radius 2 is 1.76 bits per heavy atom. The summed E-state index contributed by atoms with van der Waals surface area (Å²) in [5.74, 6) is -1.70. The summed E-state index contributed by atoms with van der Waals surface area (Å²) in [7, 11) is -3.04. The van der Waals surface area contributed by atoms with Gasteiger partial charge < -0.3 is 8.92 Å². The molecule has 0 unspecified atom stereocenters. The number of carbonyl (C=O) groups is 1. The molecule has 0 aliphatic rings. The highest BCUT2D eigenvalue weighted by Crippen LogP contribution is 2.31. The van der Waals surface area contributed by atoms with E-state index in [4.69, 9.17) is 4.18 Å². The third kappa shape index (κ3) is 5.21. The van der Waals surface area contributed by atoms with Crippen LogP contribution in [0.3, 0.4) is 0 Å². The van der Waals surface area contributed by atoms with Gasteiger partial charge >= 0.3 is 22.3 Å². The molecule has 2 rings (SSSR count). The number of carbonyl (C=O) groups excluding carboxylic acids is 1. The first-order chi connectivity index (χ1) is 11.6. The first kappa shape index (κ1) is 18.8. The lowest BCUT2D eigenvalue weighted by molar-refractivity contribution is -0.137. The minimum atomic E-state index is -4.61. The maximum absolute atomic E-state index is 12.7. The molecule has 2 aromatic carbocycles. The number of alkyl halides is 3. The maximum Gasteiger partial charge on any atom is 0.416 e. The minimum Gasteiger partial charge on any atom is -0.465 e. The number of hydrogen-bond acceptors (Lipinski definition) is 5. The number of methoxy groups -OCH3 is 1. The second-order valence-electron chi connectivity index (χ2n) is 5.00. The summed E-state index contributed by atoms with van der Waals surface area (Å²) in [5, 5.41) is 0. The molecule has 0 aromatic heterocycles. The van der Waals surface area contributed by atoms with E-state index >= 15 is 0 Å². The van der Waals surface area contributed by atoms with Crippen LogP contribution in [0.1, 0.15) is 21.5 Å². The summed E-state index contributed by atoms with van der Waals surface area (Å²) in [6.07, 6.45) is -4.61. The standard InChI is InChI=1S/C16H13F3O5S/c1-23-15(20)12-5-2-4-11(8-12)10-25(21,22)24-14-7-3-6-13(9-14)16(17,18)19/h2-9H,10H2,1H3. The van der Waals surface area contributed by atoms with Gasteiger partial charge in [-0.1, -0.05) is 18.2 Å². The van der Waals surface area contributed by atoms with Gasteiger partial charge in [-0.3, -0.25) is 0 Å². The summed E-state index contributed by atoms with van der Waals surface area (Å²) in [6, 6.07) is 9.21. The average molecular weight is 374 g/mol. The molecule has 0 spiro atoms. The first-order valence-corrected chi connectivity index (χ1v) is 8.45. The van der Waals surface area contributed by atoms with E-state index in [1.54, 1.807) is 0 Å². The third-order valence-corrected chi connectivity index (χ3v) is 4.21. The lowest BCUT2D eigenvalue weighted by Gasteiger charge is -2.10. The van der Waals surface area contributed by atoms with Crippen molar-refractivity contribution in [3.8, 4) is 5.75 Å². The molecule has 0 amide bonds. The molecule has 9 heteroatoms. The van der Waals surface area contributed by atoms with Crippen molar-refractivity contribution in [2.24, 2.45) is 0 Å². The Balaban J connectivity index is 2.19. The van der Waals surface area contributed by atoms with Crippen molar-refractivity contribution in [1.82, 2.24) is 0 Å². The summed E-state index contributed by atoms with van der Waals surface area (Å²) in [6.45, 7) is 0. The van der Waals surface area contributed by atoms with Crippen molar-refractivity contribution < 1.29 is 35.3 Å². The predicted octanol–water partition coefficient (Wildman–Crippen LogP) is 3.40. The average Bonchev–Trinajstić information content (AvgIpc) is 2.52. The quantitative estimate of drug-likeness (QED) is 0.593. The van der Waals surface area contributed by atoms with Crippen molar-refractivity contribution in [1.29, 1.82) is 0 Å². The monoisotopic (exact) mass is 374 g/mol. The van der Waals surface area contributed by atoms with E-state index in [0.29, 0.717) is 6.07 Å². The molecule has 0 saturated heterocycles. The van der Waals surface area contributed by atoms with E-state index in [9.17, 15) is 26.4 Å². The fraction of sp³-hybridized carbons (Fsp3) is 0.188. The molecule has 0 fully saturated rings. The second kappa shape index (κ2) is 7.14. The number of halogens is 3. The highest BCUT2D eigenvalue weighted by Gasteiger charge is 2.31. The van der Waals surface area contributed by atoms with Crippen molar-refractivity contribution >= 4 is 16.1 Å². The Labute approximate surface area is 142 Å². The summed E-state index contributed by atoms with van der Waals surface area (Å²) >= 11 is 0. The SMILES string of the molecule is COC(=O)c1cccc(CS(=O)(=O)Oc2cccc(C(F)(F)F)c2)c1. The van der Waals surface area contributed by atoms with Crippen LogP contribution in [0.15, 0.2) is 48.5 Å². The first-order valence-electron chi connectivity index (χ1n) is 6.87. The van der Waals surface area contributed by atoms with Gasteiger partial charge in [-0.05, 0) is 35.9 Å². The highest BCUT2D eigenvalue weighted by atomic mass is 32.2. The molecule has 25 heavy (non-hydrogen) atoms. The maximum atomic E-state index is 12.7. The fourth-order valence-corrected chi connectivity index (χ4v) is 3.05.